The molecule has 1 aliphatic rings. The van der Waals surface area contributed by atoms with Gasteiger partial charge in [0.1, 0.15) is 12.2 Å². The van der Waals surface area contributed by atoms with Crippen molar-refractivity contribution in [1.29, 1.82) is 0 Å². The molecule has 0 N–H and O–H groups in total. The highest BCUT2D eigenvalue weighted by Gasteiger charge is 2.22. The Hall–Kier alpha value is -2.99. The summed E-state index contributed by atoms with van der Waals surface area (Å²) in [6.07, 6.45) is 0. The fraction of sp³-hybridized carbons (Fsp3) is 0.318. The molecule has 144 valence electrons. The number of aryl methyl sites for hydroxylation is 1. The van der Waals surface area contributed by atoms with Crippen molar-refractivity contribution in [1.82, 2.24) is 19.4 Å². The SMILES string of the molecule is Cc1nc2ccccc2n(CC(=O)N2CCN(Cc3ccccc3)CC2)c1=O. The molecule has 1 fully saturated rings. The average molecular weight is 376 g/mol. The maximum Gasteiger partial charge on any atom is 0.272 e. The lowest BCUT2D eigenvalue weighted by atomic mass is 10.2. The molecule has 0 unspecified atom stereocenters. The molecule has 6 heteroatoms. The van der Waals surface area contributed by atoms with Gasteiger partial charge in [-0.3, -0.25) is 19.1 Å². The second-order valence-corrected chi connectivity index (χ2v) is 7.22. The van der Waals surface area contributed by atoms with Gasteiger partial charge in [0.15, 0.2) is 0 Å². The van der Waals surface area contributed by atoms with E-state index >= 15 is 0 Å². The predicted octanol–water partition coefficient (Wildman–Crippen LogP) is 2.05. The summed E-state index contributed by atoms with van der Waals surface area (Å²) in [7, 11) is 0. The van der Waals surface area contributed by atoms with E-state index in [2.05, 4.69) is 22.0 Å². The molecule has 0 spiro atoms. The minimum Gasteiger partial charge on any atom is -0.339 e. The zero-order chi connectivity index (χ0) is 19.5. The number of carbonyl (C=O) groups excluding carboxylic acids is 1. The quantitative estimate of drug-likeness (QED) is 0.699. The van der Waals surface area contributed by atoms with E-state index in [0.717, 1.165) is 25.2 Å². The van der Waals surface area contributed by atoms with Gasteiger partial charge in [0, 0.05) is 32.7 Å². The number of piperazine rings is 1. The van der Waals surface area contributed by atoms with Gasteiger partial charge in [0.05, 0.1) is 11.0 Å². The fourth-order valence-electron chi connectivity index (χ4n) is 3.71. The normalized spacial score (nSPS) is 15.1. The molecule has 0 bridgehead atoms. The van der Waals surface area contributed by atoms with Gasteiger partial charge in [-0.2, -0.15) is 0 Å². The molecule has 28 heavy (non-hydrogen) atoms. The minimum absolute atomic E-state index is 0.0165. The van der Waals surface area contributed by atoms with Gasteiger partial charge in [-0.25, -0.2) is 4.98 Å². The van der Waals surface area contributed by atoms with Gasteiger partial charge in [-0.15, -0.1) is 0 Å². The van der Waals surface area contributed by atoms with E-state index in [-0.39, 0.29) is 18.0 Å². The number of hydrogen-bond donors (Lipinski definition) is 0. The predicted molar refractivity (Wildman–Crippen MR) is 109 cm³/mol. The van der Waals surface area contributed by atoms with Crippen LogP contribution < -0.4 is 5.56 Å². The molecule has 1 saturated heterocycles. The summed E-state index contributed by atoms with van der Waals surface area (Å²) >= 11 is 0. The number of para-hydroxylation sites is 2. The zero-order valence-electron chi connectivity index (χ0n) is 16.0. The third-order valence-electron chi connectivity index (χ3n) is 5.28. The molecule has 0 aliphatic carbocycles. The van der Waals surface area contributed by atoms with E-state index in [1.54, 1.807) is 11.5 Å². The van der Waals surface area contributed by atoms with E-state index in [1.807, 2.05) is 47.4 Å². The monoisotopic (exact) mass is 376 g/mol. The van der Waals surface area contributed by atoms with Gasteiger partial charge >= 0.3 is 0 Å². The Morgan fingerprint density at radius 2 is 1.64 bits per heavy atom. The Balaban J connectivity index is 1.44. The highest BCUT2D eigenvalue weighted by Crippen LogP contribution is 2.12. The Labute approximate surface area is 164 Å². The maximum atomic E-state index is 12.9. The first-order chi connectivity index (χ1) is 13.6. The van der Waals surface area contributed by atoms with Gasteiger partial charge in [0.2, 0.25) is 5.91 Å². The zero-order valence-corrected chi connectivity index (χ0v) is 16.0. The van der Waals surface area contributed by atoms with Crippen molar-refractivity contribution in [3.05, 3.63) is 76.2 Å². The van der Waals surface area contributed by atoms with Crippen molar-refractivity contribution in [3.8, 4) is 0 Å². The lowest BCUT2D eigenvalue weighted by Crippen LogP contribution is -2.49. The number of nitrogens with zero attached hydrogens (tertiary/aromatic N) is 4. The van der Waals surface area contributed by atoms with Crippen LogP contribution in [0.5, 0.6) is 0 Å². The summed E-state index contributed by atoms with van der Waals surface area (Å²) in [4.78, 5) is 34.0. The molecule has 1 amide bonds. The molecule has 0 atom stereocenters. The van der Waals surface area contributed by atoms with E-state index in [9.17, 15) is 9.59 Å². The highest BCUT2D eigenvalue weighted by atomic mass is 16.2. The van der Waals surface area contributed by atoms with Gasteiger partial charge < -0.3 is 4.90 Å². The number of aromatic nitrogens is 2. The van der Waals surface area contributed by atoms with Crippen LogP contribution in [0.4, 0.5) is 0 Å². The first-order valence-electron chi connectivity index (χ1n) is 9.62. The lowest BCUT2D eigenvalue weighted by molar-refractivity contribution is -0.133. The van der Waals surface area contributed by atoms with E-state index in [1.165, 1.54) is 5.56 Å². The first-order valence-corrected chi connectivity index (χ1v) is 9.62. The molecule has 4 rings (SSSR count). The molecule has 0 saturated carbocycles. The van der Waals surface area contributed by atoms with Crippen molar-refractivity contribution in [2.75, 3.05) is 26.2 Å². The molecular formula is C22H24N4O2. The van der Waals surface area contributed by atoms with Crippen molar-refractivity contribution in [3.63, 3.8) is 0 Å². The van der Waals surface area contributed by atoms with Crippen LogP contribution >= 0.6 is 0 Å². The summed E-state index contributed by atoms with van der Waals surface area (Å²) in [5.41, 5.74) is 2.94. The van der Waals surface area contributed by atoms with E-state index in [4.69, 9.17) is 0 Å². The molecule has 3 aromatic rings. The van der Waals surface area contributed by atoms with Crippen LogP contribution in [0.15, 0.2) is 59.4 Å². The summed E-state index contributed by atoms with van der Waals surface area (Å²) in [5.74, 6) is -0.0165. The molecule has 2 aromatic carbocycles. The molecule has 2 heterocycles. The molecule has 0 radical (unpaired) electrons. The molecule has 1 aliphatic heterocycles. The summed E-state index contributed by atoms with van der Waals surface area (Å²) < 4.78 is 1.55. The van der Waals surface area contributed by atoms with Crippen LogP contribution in [-0.4, -0.2) is 51.4 Å². The number of rotatable bonds is 4. The van der Waals surface area contributed by atoms with E-state index < -0.39 is 0 Å². The number of benzene rings is 2. The van der Waals surface area contributed by atoms with Crippen molar-refractivity contribution >= 4 is 16.9 Å². The summed E-state index contributed by atoms with van der Waals surface area (Å²) in [6, 6.07) is 17.8. The number of amides is 1. The Bertz CT molecular complexity index is 1040. The van der Waals surface area contributed by atoms with Crippen LogP contribution in [0, 0.1) is 6.92 Å². The lowest BCUT2D eigenvalue weighted by Gasteiger charge is -2.35. The Kier molecular flexibility index (Phi) is 5.21. The average Bonchev–Trinajstić information content (AvgIpc) is 2.72. The number of fused-ring (bicyclic) bond motifs is 1. The summed E-state index contributed by atoms with van der Waals surface area (Å²) in [5, 5.41) is 0. The maximum absolute atomic E-state index is 12.9. The third kappa shape index (κ3) is 3.82. The van der Waals surface area contributed by atoms with Crippen LogP contribution in [0.1, 0.15) is 11.3 Å². The second kappa shape index (κ2) is 7.94. The smallest absolute Gasteiger partial charge is 0.272 e. The van der Waals surface area contributed by atoms with Crippen molar-refractivity contribution < 1.29 is 4.79 Å². The number of carbonyl (C=O) groups is 1. The van der Waals surface area contributed by atoms with Gasteiger partial charge in [-0.1, -0.05) is 42.5 Å². The largest absolute Gasteiger partial charge is 0.339 e. The summed E-state index contributed by atoms with van der Waals surface area (Å²) in [6.45, 7) is 5.69. The van der Waals surface area contributed by atoms with E-state index in [0.29, 0.717) is 24.3 Å². The van der Waals surface area contributed by atoms with Crippen LogP contribution in [0.2, 0.25) is 0 Å². The molecular weight excluding hydrogens is 352 g/mol. The standard InChI is InChI=1S/C22H24N4O2/c1-17-22(28)26(20-10-6-5-9-19(20)23-17)16-21(27)25-13-11-24(12-14-25)15-18-7-3-2-4-8-18/h2-10H,11-16H2,1H3. The fourth-order valence-corrected chi connectivity index (χ4v) is 3.71. The number of hydrogen-bond acceptors (Lipinski definition) is 4. The highest BCUT2D eigenvalue weighted by molar-refractivity contribution is 5.80. The third-order valence-corrected chi connectivity index (χ3v) is 5.28. The topological polar surface area (TPSA) is 58.4 Å². The van der Waals surface area contributed by atoms with Crippen molar-refractivity contribution in [2.24, 2.45) is 0 Å². The minimum atomic E-state index is -0.199. The van der Waals surface area contributed by atoms with Crippen LogP contribution in [-0.2, 0) is 17.9 Å². The van der Waals surface area contributed by atoms with Crippen molar-refractivity contribution in [2.45, 2.75) is 20.0 Å². The Morgan fingerprint density at radius 1 is 0.964 bits per heavy atom. The van der Waals surface area contributed by atoms with Crippen LogP contribution in [0.3, 0.4) is 0 Å². The molecule has 1 aromatic heterocycles. The Morgan fingerprint density at radius 3 is 2.39 bits per heavy atom. The molecule has 6 nitrogen and oxygen atoms in total. The van der Waals surface area contributed by atoms with Gasteiger partial charge in [-0.05, 0) is 24.6 Å². The van der Waals surface area contributed by atoms with Gasteiger partial charge in [0.25, 0.3) is 5.56 Å². The first kappa shape index (κ1) is 18.4. The van der Waals surface area contributed by atoms with Crippen LogP contribution in [0.25, 0.3) is 11.0 Å². The second-order valence-electron chi connectivity index (χ2n) is 7.22.